The number of hydrogen-bond acceptors (Lipinski definition) is 3. The molecular weight excluding hydrogens is 154 g/mol. The number of ether oxygens (including phenoxy) is 1. The van der Waals surface area contributed by atoms with Gasteiger partial charge in [-0.05, 0) is 26.8 Å². The van der Waals surface area contributed by atoms with Gasteiger partial charge in [-0.2, -0.15) is 0 Å². The molecule has 0 saturated carbocycles. The van der Waals surface area contributed by atoms with Crippen molar-refractivity contribution in [3.05, 3.63) is 0 Å². The van der Waals surface area contributed by atoms with E-state index in [1.807, 2.05) is 13.8 Å². The normalized spacial score (nSPS) is 10.7. The molecule has 0 aliphatic heterocycles. The zero-order valence-electron chi connectivity index (χ0n) is 8.22. The van der Waals surface area contributed by atoms with Gasteiger partial charge in [0, 0.05) is 0 Å². The fraction of sp³-hybridized carbons (Fsp3) is 0.889. The molecule has 0 amide bonds. The quantitative estimate of drug-likeness (QED) is 0.583. The standard InChI is InChI=1S/C9H19NO2/c1-4-5-10-6-9(11)7-12-8(2)3/h8,10H,4-7H2,1-3H3. The topological polar surface area (TPSA) is 38.3 Å². The maximum atomic E-state index is 11.0. The summed E-state index contributed by atoms with van der Waals surface area (Å²) >= 11 is 0. The molecule has 0 fully saturated rings. The van der Waals surface area contributed by atoms with Crippen molar-refractivity contribution in [2.75, 3.05) is 19.7 Å². The van der Waals surface area contributed by atoms with Crippen LogP contribution < -0.4 is 5.32 Å². The number of rotatable bonds is 7. The highest BCUT2D eigenvalue weighted by molar-refractivity contribution is 5.81. The molecule has 0 aliphatic carbocycles. The van der Waals surface area contributed by atoms with Gasteiger partial charge in [-0.1, -0.05) is 6.92 Å². The Labute approximate surface area is 74.5 Å². The first-order valence-corrected chi connectivity index (χ1v) is 4.50. The van der Waals surface area contributed by atoms with E-state index in [0.29, 0.717) is 6.54 Å². The van der Waals surface area contributed by atoms with Crippen molar-refractivity contribution in [1.82, 2.24) is 5.32 Å². The summed E-state index contributed by atoms with van der Waals surface area (Å²) in [5.74, 6) is 0.122. The lowest BCUT2D eigenvalue weighted by Crippen LogP contribution is -2.27. The Kier molecular flexibility index (Phi) is 7.00. The van der Waals surface area contributed by atoms with Crippen molar-refractivity contribution < 1.29 is 9.53 Å². The van der Waals surface area contributed by atoms with Crippen molar-refractivity contribution in [2.24, 2.45) is 0 Å². The lowest BCUT2D eigenvalue weighted by atomic mass is 10.4. The largest absolute Gasteiger partial charge is 0.371 e. The lowest BCUT2D eigenvalue weighted by Gasteiger charge is -2.06. The molecule has 0 aromatic carbocycles. The van der Waals surface area contributed by atoms with Gasteiger partial charge >= 0.3 is 0 Å². The summed E-state index contributed by atoms with van der Waals surface area (Å²) in [5, 5.41) is 3.03. The summed E-state index contributed by atoms with van der Waals surface area (Å²) in [4.78, 5) is 11.0. The Bertz CT molecular complexity index is 124. The van der Waals surface area contributed by atoms with Crippen LogP contribution in [0.2, 0.25) is 0 Å². The second-order valence-corrected chi connectivity index (χ2v) is 3.08. The fourth-order valence-electron chi connectivity index (χ4n) is 0.715. The Morgan fingerprint density at radius 3 is 2.67 bits per heavy atom. The van der Waals surface area contributed by atoms with Crippen molar-refractivity contribution >= 4 is 5.78 Å². The summed E-state index contributed by atoms with van der Waals surface area (Å²) in [5.41, 5.74) is 0. The van der Waals surface area contributed by atoms with Crippen LogP contribution in [0.3, 0.4) is 0 Å². The molecule has 12 heavy (non-hydrogen) atoms. The Balaban J connectivity index is 3.22. The highest BCUT2D eigenvalue weighted by Gasteiger charge is 2.01. The first-order chi connectivity index (χ1) is 5.66. The van der Waals surface area contributed by atoms with Crippen molar-refractivity contribution in [1.29, 1.82) is 0 Å². The van der Waals surface area contributed by atoms with Crippen LogP contribution in [0, 0.1) is 0 Å². The Morgan fingerprint density at radius 1 is 1.50 bits per heavy atom. The first-order valence-electron chi connectivity index (χ1n) is 4.50. The monoisotopic (exact) mass is 173 g/mol. The molecule has 0 aromatic rings. The molecular formula is C9H19NO2. The molecule has 3 heteroatoms. The molecule has 0 saturated heterocycles. The van der Waals surface area contributed by atoms with Crippen molar-refractivity contribution in [3.63, 3.8) is 0 Å². The molecule has 0 radical (unpaired) electrons. The van der Waals surface area contributed by atoms with Gasteiger partial charge in [0.15, 0.2) is 5.78 Å². The van der Waals surface area contributed by atoms with Gasteiger partial charge in [0.1, 0.15) is 6.61 Å². The number of hydrogen-bond donors (Lipinski definition) is 1. The Morgan fingerprint density at radius 2 is 2.17 bits per heavy atom. The first kappa shape index (κ1) is 11.6. The summed E-state index contributed by atoms with van der Waals surface area (Å²) in [6, 6.07) is 0. The van der Waals surface area contributed by atoms with Gasteiger partial charge in [-0.3, -0.25) is 4.79 Å². The molecule has 1 N–H and O–H groups in total. The van der Waals surface area contributed by atoms with Crippen molar-refractivity contribution in [3.8, 4) is 0 Å². The molecule has 0 aliphatic rings. The summed E-state index contributed by atoms with van der Waals surface area (Å²) in [6.45, 7) is 7.48. The fourth-order valence-corrected chi connectivity index (χ4v) is 0.715. The van der Waals surface area contributed by atoms with E-state index in [1.54, 1.807) is 0 Å². The predicted octanol–water partition coefficient (Wildman–Crippen LogP) is 0.980. The maximum absolute atomic E-state index is 11.0. The number of carbonyl (C=O) groups is 1. The second kappa shape index (κ2) is 7.25. The molecule has 0 atom stereocenters. The molecule has 0 bridgehead atoms. The number of carbonyl (C=O) groups excluding carboxylic acids is 1. The van der Waals surface area contributed by atoms with Gasteiger partial charge in [0.25, 0.3) is 0 Å². The molecule has 0 heterocycles. The lowest BCUT2D eigenvalue weighted by molar-refractivity contribution is -0.124. The van der Waals surface area contributed by atoms with Crippen LogP contribution in [0.5, 0.6) is 0 Å². The van der Waals surface area contributed by atoms with Crippen LogP contribution in [0.1, 0.15) is 27.2 Å². The highest BCUT2D eigenvalue weighted by atomic mass is 16.5. The zero-order valence-corrected chi connectivity index (χ0v) is 8.22. The average Bonchev–Trinajstić information content (AvgIpc) is 2.01. The van der Waals surface area contributed by atoms with Gasteiger partial charge < -0.3 is 10.1 Å². The predicted molar refractivity (Wildman–Crippen MR) is 49.3 cm³/mol. The Hall–Kier alpha value is -0.410. The minimum atomic E-state index is 0.122. The SMILES string of the molecule is CCCNCC(=O)COC(C)C. The van der Waals surface area contributed by atoms with E-state index >= 15 is 0 Å². The van der Waals surface area contributed by atoms with Crippen LogP contribution >= 0.6 is 0 Å². The summed E-state index contributed by atoms with van der Waals surface area (Å²) < 4.78 is 5.14. The zero-order chi connectivity index (χ0) is 9.40. The minimum Gasteiger partial charge on any atom is -0.371 e. The van der Waals surface area contributed by atoms with Crippen LogP contribution in [0.25, 0.3) is 0 Å². The molecule has 3 nitrogen and oxygen atoms in total. The number of Topliss-reactive ketones (excluding diaryl/α,β-unsaturated/α-hetero) is 1. The van der Waals surface area contributed by atoms with E-state index in [9.17, 15) is 4.79 Å². The van der Waals surface area contributed by atoms with Gasteiger partial charge in [-0.15, -0.1) is 0 Å². The highest BCUT2D eigenvalue weighted by Crippen LogP contribution is 1.86. The van der Waals surface area contributed by atoms with Crippen LogP contribution in [0.15, 0.2) is 0 Å². The van der Waals surface area contributed by atoms with Gasteiger partial charge in [0.05, 0.1) is 12.6 Å². The third-order valence-electron chi connectivity index (χ3n) is 1.33. The molecule has 0 aromatic heterocycles. The van der Waals surface area contributed by atoms with Crippen LogP contribution in [0.4, 0.5) is 0 Å². The third kappa shape index (κ3) is 7.69. The summed E-state index contributed by atoms with van der Waals surface area (Å²) in [6.07, 6.45) is 1.19. The average molecular weight is 173 g/mol. The molecule has 72 valence electrons. The van der Waals surface area contributed by atoms with Crippen LogP contribution in [-0.4, -0.2) is 31.6 Å². The van der Waals surface area contributed by atoms with E-state index < -0.39 is 0 Å². The maximum Gasteiger partial charge on any atom is 0.172 e. The molecule has 0 rings (SSSR count). The summed E-state index contributed by atoms with van der Waals surface area (Å²) in [7, 11) is 0. The number of ketones is 1. The van der Waals surface area contributed by atoms with Crippen LogP contribution in [-0.2, 0) is 9.53 Å². The van der Waals surface area contributed by atoms with E-state index in [0.717, 1.165) is 13.0 Å². The van der Waals surface area contributed by atoms with E-state index in [4.69, 9.17) is 4.74 Å². The van der Waals surface area contributed by atoms with E-state index in [-0.39, 0.29) is 18.5 Å². The second-order valence-electron chi connectivity index (χ2n) is 3.08. The number of nitrogens with one attached hydrogen (secondary N) is 1. The molecule has 0 unspecified atom stereocenters. The minimum absolute atomic E-state index is 0.122. The van der Waals surface area contributed by atoms with E-state index in [1.165, 1.54) is 0 Å². The van der Waals surface area contributed by atoms with Gasteiger partial charge in [0.2, 0.25) is 0 Å². The van der Waals surface area contributed by atoms with E-state index in [2.05, 4.69) is 12.2 Å². The third-order valence-corrected chi connectivity index (χ3v) is 1.33. The van der Waals surface area contributed by atoms with Crippen molar-refractivity contribution in [2.45, 2.75) is 33.3 Å². The van der Waals surface area contributed by atoms with Gasteiger partial charge in [-0.25, -0.2) is 0 Å². The smallest absolute Gasteiger partial charge is 0.172 e. The molecule has 0 spiro atoms.